The molecule has 0 fully saturated rings. The SMILES string of the molecule is CC(C)C[C@H](NC(=O)[C@H](Cc1c[nH]c2ccccc12)NC(=O)[C@H](C)N)C(=O)N[C@H](C(=O)N[C@@H](CCCNC(=N)N)C(=O)O)C(C)C. The number of H-pyrrole nitrogens is 1. The summed E-state index contributed by atoms with van der Waals surface area (Å²) in [5.41, 5.74) is 12.7. The Morgan fingerprint density at radius 1 is 0.870 bits per heavy atom. The lowest BCUT2D eigenvalue weighted by atomic mass is 9.98. The van der Waals surface area contributed by atoms with Crippen LogP contribution in [0.3, 0.4) is 0 Å². The van der Waals surface area contributed by atoms with E-state index in [-0.39, 0.29) is 37.7 Å². The molecule has 254 valence electrons. The number of para-hydroxylation sites is 1. The lowest BCUT2D eigenvalue weighted by Gasteiger charge is -2.28. The number of carbonyl (C=O) groups excluding carboxylic acids is 4. The van der Waals surface area contributed by atoms with Crippen molar-refractivity contribution >= 4 is 46.5 Å². The molecule has 15 nitrogen and oxygen atoms in total. The number of carbonyl (C=O) groups is 5. The van der Waals surface area contributed by atoms with Crippen LogP contribution in [0.25, 0.3) is 10.9 Å². The molecule has 1 aromatic heterocycles. The zero-order valence-electron chi connectivity index (χ0n) is 27.1. The van der Waals surface area contributed by atoms with Crippen molar-refractivity contribution in [2.24, 2.45) is 23.3 Å². The van der Waals surface area contributed by atoms with E-state index in [1.807, 2.05) is 38.1 Å². The van der Waals surface area contributed by atoms with Gasteiger partial charge in [-0.25, -0.2) is 4.79 Å². The number of hydrogen-bond acceptors (Lipinski definition) is 7. The summed E-state index contributed by atoms with van der Waals surface area (Å²) in [4.78, 5) is 68.0. The number of hydrogen-bond donors (Lipinski definition) is 10. The topological polar surface area (TPSA) is 257 Å². The first kappa shape index (κ1) is 37.5. The summed E-state index contributed by atoms with van der Waals surface area (Å²) in [5, 5.41) is 30.9. The Balaban J connectivity index is 2.22. The zero-order chi connectivity index (χ0) is 34.6. The highest BCUT2D eigenvalue weighted by Crippen LogP contribution is 2.19. The minimum atomic E-state index is -1.25. The fourth-order valence-corrected chi connectivity index (χ4v) is 4.85. The van der Waals surface area contributed by atoms with Gasteiger partial charge in [0.25, 0.3) is 0 Å². The largest absolute Gasteiger partial charge is 0.480 e. The van der Waals surface area contributed by atoms with Gasteiger partial charge in [0, 0.05) is 30.1 Å². The van der Waals surface area contributed by atoms with Crippen LogP contribution in [0.2, 0.25) is 0 Å². The molecule has 4 amide bonds. The number of guanidine groups is 1. The van der Waals surface area contributed by atoms with Crippen molar-refractivity contribution in [3.8, 4) is 0 Å². The van der Waals surface area contributed by atoms with Crippen LogP contribution in [0.15, 0.2) is 30.5 Å². The van der Waals surface area contributed by atoms with Gasteiger partial charge < -0.3 is 48.1 Å². The lowest BCUT2D eigenvalue weighted by molar-refractivity contribution is -0.142. The fourth-order valence-electron chi connectivity index (χ4n) is 4.85. The second-order valence-corrected chi connectivity index (χ2v) is 12.2. The molecule has 1 heterocycles. The third kappa shape index (κ3) is 11.7. The van der Waals surface area contributed by atoms with Gasteiger partial charge in [-0.15, -0.1) is 0 Å². The molecule has 0 saturated heterocycles. The predicted octanol–water partition coefficient (Wildman–Crippen LogP) is 0.0468. The number of nitrogens with one attached hydrogen (secondary N) is 7. The highest BCUT2D eigenvalue weighted by atomic mass is 16.4. The molecule has 0 spiro atoms. The number of benzene rings is 1. The number of fused-ring (bicyclic) bond motifs is 1. The Kier molecular flexibility index (Phi) is 14.5. The van der Waals surface area contributed by atoms with E-state index in [1.165, 1.54) is 6.92 Å². The third-order valence-corrected chi connectivity index (χ3v) is 7.33. The highest BCUT2D eigenvalue weighted by Gasteiger charge is 2.33. The summed E-state index contributed by atoms with van der Waals surface area (Å²) < 4.78 is 0. The Labute approximate surface area is 268 Å². The van der Waals surface area contributed by atoms with E-state index in [4.69, 9.17) is 16.9 Å². The first-order valence-electron chi connectivity index (χ1n) is 15.4. The number of aromatic nitrogens is 1. The molecule has 0 aliphatic rings. The van der Waals surface area contributed by atoms with Crippen molar-refractivity contribution in [2.45, 2.75) is 90.5 Å². The first-order valence-corrected chi connectivity index (χ1v) is 15.4. The molecular formula is C31H49N9O6. The molecule has 0 unspecified atom stereocenters. The van der Waals surface area contributed by atoms with Gasteiger partial charge in [-0.1, -0.05) is 45.9 Å². The molecule has 0 radical (unpaired) electrons. The first-order chi connectivity index (χ1) is 21.6. The monoisotopic (exact) mass is 643 g/mol. The number of rotatable bonds is 18. The Bertz CT molecular complexity index is 1370. The summed E-state index contributed by atoms with van der Waals surface area (Å²) >= 11 is 0. The summed E-state index contributed by atoms with van der Waals surface area (Å²) in [6, 6.07) is 2.20. The van der Waals surface area contributed by atoms with Gasteiger partial charge in [-0.3, -0.25) is 24.6 Å². The number of carboxylic acids is 1. The van der Waals surface area contributed by atoms with Gasteiger partial charge in [0.1, 0.15) is 24.2 Å². The Morgan fingerprint density at radius 2 is 1.48 bits per heavy atom. The van der Waals surface area contributed by atoms with Crippen molar-refractivity contribution in [1.29, 1.82) is 5.41 Å². The smallest absolute Gasteiger partial charge is 0.326 e. The number of aromatic amines is 1. The molecule has 1 aromatic carbocycles. The van der Waals surface area contributed by atoms with Gasteiger partial charge in [0.05, 0.1) is 6.04 Å². The van der Waals surface area contributed by atoms with Crippen molar-refractivity contribution in [3.05, 3.63) is 36.0 Å². The van der Waals surface area contributed by atoms with Crippen LogP contribution in [0.4, 0.5) is 0 Å². The van der Waals surface area contributed by atoms with E-state index in [1.54, 1.807) is 20.0 Å². The maximum Gasteiger partial charge on any atom is 0.326 e. The summed E-state index contributed by atoms with van der Waals surface area (Å²) in [7, 11) is 0. The van der Waals surface area contributed by atoms with Crippen LogP contribution in [0.5, 0.6) is 0 Å². The molecule has 0 aliphatic heterocycles. The second-order valence-electron chi connectivity index (χ2n) is 12.2. The maximum atomic E-state index is 13.7. The molecule has 15 heteroatoms. The molecule has 2 aromatic rings. The van der Waals surface area contributed by atoms with E-state index in [2.05, 4.69) is 31.6 Å². The van der Waals surface area contributed by atoms with Crippen molar-refractivity contribution in [1.82, 2.24) is 31.6 Å². The van der Waals surface area contributed by atoms with Crippen LogP contribution in [0.1, 0.15) is 59.4 Å². The van der Waals surface area contributed by atoms with Crippen LogP contribution in [0, 0.1) is 17.2 Å². The van der Waals surface area contributed by atoms with Gasteiger partial charge in [0.2, 0.25) is 23.6 Å². The number of amides is 4. The zero-order valence-corrected chi connectivity index (χ0v) is 27.1. The minimum Gasteiger partial charge on any atom is -0.480 e. The predicted molar refractivity (Wildman–Crippen MR) is 174 cm³/mol. The number of aliphatic carboxylic acids is 1. The Hall–Kier alpha value is -4.66. The van der Waals surface area contributed by atoms with E-state index in [0.29, 0.717) is 6.42 Å². The lowest BCUT2D eigenvalue weighted by Crippen LogP contribution is -2.59. The molecule has 0 aliphatic carbocycles. The Morgan fingerprint density at radius 3 is 2.07 bits per heavy atom. The third-order valence-electron chi connectivity index (χ3n) is 7.33. The second kappa shape index (κ2) is 17.7. The molecule has 46 heavy (non-hydrogen) atoms. The average Bonchev–Trinajstić information content (AvgIpc) is 3.38. The number of carboxylic acid groups (broad SMARTS) is 1. The van der Waals surface area contributed by atoms with Crippen LogP contribution in [-0.4, -0.2) is 82.4 Å². The molecule has 12 N–H and O–H groups in total. The summed E-state index contributed by atoms with van der Waals surface area (Å²) in [5.74, 6) is -4.40. The van der Waals surface area contributed by atoms with Gasteiger partial charge >= 0.3 is 5.97 Å². The standard InChI is InChI=1S/C31H49N9O6/c1-16(2)13-23(28(43)40-25(17(3)4)29(44)37-22(30(45)46)11-8-12-35-31(33)34)39-27(42)24(38-26(41)18(5)32)14-19-15-36-21-10-7-6-9-20(19)21/h6-7,9-10,15-18,22-25,36H,8,11-14,32H2,1-5H3,(H,37,44)(H,38,41)(H,39,42)(H,40,43)(H,45,46)(H4,33,34,35)/t18-,22-,23-,24-,25-/m0/s1. The molecule has 2 rings (SSSR count). The minimum absolute atomic E-state index is 0.0342. The molecule has 0 saturated carbocycles. The summed E-state index contributed by atoms with van der Waals surface area (Å²) in [6.07, 6.45) is 2.50. The molecule has 0 bridgehead atoms. The number of nitrogens with two attached hydrogens (primary N) is 2. The van der Waals surface area contributed by atoms with E-state index < -0.39 is 65.7 Å². The summed E-state index contributed by atoms with van der Waals surface area (Å²) in [6.45, 7) is 8.90. The van der Waals surface area contributed by atoms with Crippen molar-refractivity contribution in [2.75, 3.05) is 6.54 Å². The quantitative estimate of drug-likeness (QED) is 0.0597. The fraction of sp³-hybridized carbons (Fsp3) is 0.548. The highest BCUT2D eigenvalue weighted by molar-refractivity contribution is 5.96. The van der Waals surface area contributed by atoms with E-state index in [9.17, 15) is 29.1 Å². The van der Waals surface area contributed by atoms with Crippen molar-refractivity contribution < 1.29 is 29.1 Å². The average molecular weight is 644 g/mol. The van der Waals surface area contributed by atoms with Gasteiger partial charge in [-0.05, 0) is 49.7 Å². The van der Waals surface area contributed by atoms with Crippen molar-refractivity contribution in [3.63, 3.8) is 0 Å². The normalized spacial score (nSPS) is 14.5. The maximum absolute atomic E-state index is 13.7. The van der Waals surface area contributed by atoms with Gasteiger partial charge in [0.15, 0.2) is 5.96 Å². The van der Waals surface area contributed by atoms with Crippen LogP contribution in [-0.2, 0) is 30.4 Å². The molecule has 5 atom stereocenters. The van der Waals surface area contributed by atoms with Gasteiger partial charge in [-0.2, -0.15) is 0 Å². The van der Waals surface area contributed by atoms with E-state index >= 15 is 0 Å². The van der Waals surface area contributed by atoms with E-state index in [0.717, 1.165) is 16.5 Å². The van der Waals surface area contributed by atoms with Crippen LogP contribution >= 0.6 is 0 Å². The molecular weight excluding hydrogens is 594 g/mol. The van der Waals surface area contributed by atoms with Crippen LogP contribution < -0.4 is 38.1 Å².